The van der Waals surface area contributed by atoms with Crippen molar-refractivity contribution < 1.29 is 28.6 Å². The molecule has 5 unspecified atom stereocenters. The van der Waals surface area contributed by atoms with Crippen LogP contribution in [-0.2, 0) is 28.6 Å². The Morgan fingerprint density at radius 1 is 0.449 bits per heavy atom. The molecule has 7 heteroatoms. The molecule has 0 aromatic carbocycles. The third kappa shape index (κ3) is 19.0. The predicted molar refractivity (Wildman–Crippen MR) is 288 cm³/mol. The number of ether oxygens (including phenoxy) is 3. The van der Waals surface area contributed by atoms with Crippen LogP contribution in [0.25, 0.3) is 0 Å². The molecule has 69 heavy (non-hydrogen) atoms. The summed E-state index contributed by atoms with van der Waals surface area (Å²) < 4.78 is 19.1. The van der Waals surface area contributed by atoms with Crippen LogP contribution >= 0.6 is 0 Å². The lowest BCUT2D eigenvalue weighted by atomic mass is 9.56. The largest absolute Gasteiger partial charge is 0.465 e. The zero-order valence-corrected chi connectivity index (χ0v) is 46.8. The topological polar surface area (TPSA) is 82.1 Å². The summed E-state index contributed by atoms with van der Waals surface area (Å²) in [6.07, 6.45) is 44.0. The van der Waals surface area contributed by atoms with Crippen molar-refractivity contribution in [2.24, 2.45) is 51.8 Å². The van der Waals surface area contributed by atoms with Gasteiger partial charge in [-0.05, 0) is 93.7 Å². The fraction of sp³-hybridized carbons (Fsp3) is 0.952. The second-order valence-electron chi connectivity index (χ2n) is 23.9. The van der Waals surface area contributed by atoms with Gasteiger partial charge in [0, 0.05) is 35.5 Å². The molecule has 0 saturated heterocycles. The van der Waals surface area contributed by atoms with Gasteiger partial charge in [-0.15, -0.1) is 0 Å². The van der Waals surface area contributed by atoms with E-state index >= 15 is 0 Å². The zero-order valence-electron chi connectivity index (χ0n) is 46.8. The number of carbonyl (C=O) groups excluding carboxylic acids is 3. The molecule has 0 aromatic heterocycles. The number of carbonyl (C=O) groups is 3. The average Bonchev–Trinajstić information content (AvgIpc) is 4.29. The lowest BCUT2D eigenvalue weighted by Gasteiger charge is -2.50. The van der Waals surface area contributed by atoms with Gasteiger partial charge in [-0.25, -0.2) is 0 Å². The average molecular weight is 969 g/mol. The Balaban J connectivity index is 1.39. The molecule has 0 N–H and O–H groups in total. The Kier molecular flexibility index (Phi) is 28.9. The number of rotatable bonds is 48. The van der Waals surface area contributed by atoms with Crippen molar-refractivity contribution in [3.05, 3.63) is 0 Å². The van der Waals surface area contributed by atoms with Crippen LogP contribution in [0.1, 0.15) is 286 Å². The summed E-state index contributed by atoms with van der Waals surface area (Å²) in [5, 5.41) is 0. The van der Waals surface area contributed by atoms with Crippen LogP contribution in [0.2, 0.25) is 0 Å². The van der Waals surface area contributed by atoms with Crippen LogP contribution in [0, 0.1) is 51.8 Å². The predicted octanol–water partition coefficient (Wildman–Crippen LogP) is 17.2. The van der Waals surface area contributed by atoms with Crippen molar-refractivity contribution in [1.82, 2.24) is 4.90 Å². The molecule has 0 radical (unpaired) electrons. The molecule has 7 nitrogen and oxygen atoms in total. The van der Waals surface area contributed by atoms with E-state index in [2.05, 4.69) is 53.4 Å². The van der Waals surface area contributed by atoms with Gasteiger partial charge in [0.15, 0.2) is 0 Å². The summed E-state index contributed by atoms with van der Waals surface area (Å²) in [7, 11) is 0. The molecule has 5 atom stereocenters. The van der Waals surface area contributed by atoms with Crippen molar-refractivity contribution in [1.29, 1.82) is 0 Å². The van der Waals surface area contributed by atoms with Gasteiger partial charge in [0.2, 0.25) is 0 Å². The fourth-order valence-electron chi connectivity index (χ4n) is 14.0. The summed E-state index contributed by atoms with van der Waals surface area (Å²) in [5.74, 6) is 2.46. The normalized spacial score (nSPS) is 25.0. The van der Waals surface area contributed by atoms with Crippen molar-refractivity contribution in [3.8, 4) is 0 Å². The molecule has 0 heterocycles. The summed E-state index contributed by atoms with van der Waals surface area (Å²) in [4.78, 5) is 43.5. The van der Waals surface area contributed by atoms with E-state index in [9.17, 15) is 14.4 Å². The van der Waals surface area contributed by atoms with Gasteiger partial charge in [-0.3, -0.25) is 14.4 Å². The highest BCUT2D eigenvalue weighted by Crippen LogP contribution is 3.00. The molecular formula is C62H113NO6. The Morgan fingerprint density at radius 3 is 1.20 bits per heavy atom. The fourth-order valence-corrected chi connectivity index (χ4v) is 14.0. The number of hydrogen-bond donors (Lipinski definition) is 0. The molecule has 0 aromatic rings. The summed E-state index contributed by atoms with van der Waals surface area (Å²) in [5.41, 5.74) is -0.447. The standard InChI is InChI=1S/C62H113NO6/c1-8-14-18-22-26-30-34-39-51(40-35-31-27-23-19-15-9-2)45-55(65)67-48-60(7)57-58-59(57)62(58,50-69-54(64)43-38-44-63(12-5)13-6)53-47-61(53,60)49-68-56(66)46-52(41-36-32-28-24-20-16-10-3)42-37-33-29-25-21-17-11-4/h51-53,57-59H,8-50H2,1-7H3. The second-order valence-corrected chi connectivity index (χ2v) is 23.9. The number of nitrogens with zero attached hydrogens (tertiary/aromatic N) is 1. The Bertz CT molecular complexity index is 1350. The lowest BCUT2D eigenvalue weighted by Crippen LogP contribution is -2.52. The molecule has 402 valence electrons. The molecule has 0 amide bonds. The van der Waals surface area contributed by atoms with Crippen molar-refractivity contribution in [2.75, 3.05) is 39.5 Å². The minimum atomic E-state index is -0.236. The molecule has 0 bridgehead atoms. The van der Waals surface area contributed by atoms with Gasteiger partial charge in [0.25, 0.3) is 0 Å². The number of esters is 3. The maximum Gasteiger partial charge on any atom is 0.306 e. The van der Waals surface area contributed by atoms with Crippen LogP contribution in [0.5, 0.6) is 0 Å². The lowest BCUT2D eigenvalue weighted by molar-refractivity contribution is -0.169. The van der Waals surface area contributed by atoms with Crippen LogP contribution < -0.4 is 0 Å². The smallest absolute Gasteiger partial charge is 0.306 e. The summed E-state index contributed by atoms with van der Waals surface area (Å²) in [6.45, 7) is 20.1. The second kappa shape index (κ2) is 33.2. The first-order valence-electron chi connectivity index (χ1n) is 30.8. The van der Waals surface area contributed by atoms with E-state index in [0.717, 1.165) is 58.2 Å². The molecule has 4 saturated carbocycles. The highest BCUT2D eigenvalue weighted by atomic mass is 16.5. The third-order valence-corrected chi connectivity index (χ3v) is 18.8. The van der Waals surface area contributed by atoms with Crippen molar-refractivity contribution >= 4 is 17.9 Å². The SMILES string of the molecule is CCCCCCCCCC(CCCCCCCCC)CC(=O)OCC1(C)C2C3C2C3(COC(=O)CCCN(CC)CC)C2CC21COC(=O)CC(CCCCCCCCC)CCCCCCCCC. The molecule has 4 rings (SSSR count). The number of unbranched alkanes of at least 4 members (excludes halogenated alkanes) is 24. The highest BCUT2D eigenvalue weighted by molar-refractivity contribution is 5.71. The van der Waals surface area contributed by atoms with Crippen LogP contribution in [0.3, 0.4) is 0 Å². The number of hydrogen-bond acceptors (Lipinski definition) is 7. The number of fused-ring (bicyclic) bond motifs is 4. The summed E-state index contributed by atoms with van der Waals surface area (Å²) >= 11 is 0. The minimum absolute atomic E-state index is 0.0179. The van der Waals surface area contributed by atoms with E-state index in [4.69, 9.17) is 14.2 Å². The quantitative estimate of drug-likeness (QED) is 0.0341. The Morgan fingerprint density at radius 2 is 0.812 bits per heavy atom. The van der Waals surface area contributed by atoms with Gasteiger partial charge in [0.05, 0.1) is 19.8 Å². The van der Waals surface area contributed by atoms with E-state index in [0.29, 0.717) is 74.6 Å². The van der Waals surface area contributed by atoms with Gasteiger partial charge < -0.3 is 19.1 Å². The monoisotopic (exact) mass is 968 g/mol. The maximum absolute atomic E-state index is 14.0. The molecule has 4 aliphatic rings. The van der Waals surface area contributed by atoms with E-state index in [1.165, 1.54) is 180 Å². The molecular weight excluding hydrogens is 855 g/mol. The van der Waals surface area contributed by atoms with Crippen LogP contribution in [0.15, 0.2) is 0 Å². The Hall–Kier alpha value is -1.63. The van der Waals surface area contributed by atoms with E-state index in [1.807, 2.05) is 0 Å². The van der Waals surface area contributed by atoms with Crippen molar-refractivity contribution in [2.45, 2.75) is 286 Å². The maximum atomic E-state index is 14.0. The van der Waals surface area contributed by atoms with Gasteiger partial charge >= 0.3 is 17.9 Å². The summed E-state index contributed by atoms with van der Waals surface area (Å²) in [6, 6.07) is 0. The van der Waals surface area contributed by atoms with E-state index < -0.39 is 0 Å². The van der Waals surface area contributed by atoms with Crippen LogP contribution in [0.4, 0.5) is 0 Å². The first-order chi connectivity index (χ1) is 33.6. The molecule has 4 aliphatic carbocycles. The van der Waals surface area contributed by atoms with Gasteiger partial charge in [-0.1, -0.05) is 228 Å². The zero-order chi connectivity index (χ0) is 49.8. The van der Waals surface area contributed by atoms with E-state index in [-0.39, 0.29) is 34.2 Å². The molecule has 0 aliphatic heterocycles. The van der Waals surface area contributed by atoms with Crippen molar-refractivity contribution in [3.63, 3.8) is 0 Å². The minimum Gasteiger partial charge on any atom is -0.465 e. The van der Waals surface area contributed by atoms with Crippen LogP contribution in [-0.4, -0.2) is 62.3 Å². The molecule has 0 spiro atoms. The first kappa shape index (κ1) is 59.9. The van der Waals surface area contributed by atoms with E-state index in [1.54, 1.807) is 0 Å². The third-order valence-electron chi connectivity index (χ3n) is 18.8. The van der Waals surface area contributed by atoms with Gasteiger partial charge in [-0.2, -0.15) is 0 Å². The molecule has 4 fully saturated rings. The highest BCUT2D eigenvalue weighted by Gasteiger charge is 3.00. The van der Waals surface area contributed by atoms with Gasteiger partial charge in [0.1, 0.15) is 0 Å². The Labute approximate surface area is 427 Å². The first-order valence-corrected chi connectivity index (χ1v) is 30.8.